The molecule has 0 bridgehead atoms. The van der Waals surface area contributed by atoms with Crippen molar-refractivity contribution in [2.24, 2.45) is 0 Å². The number of likely N-dealkylation sites (tertiary alicyclic amines) is 1. The summed E-state index contributed by atoms with van der Waals surface area (Å²) in [6, 6.07) is 8.40. The first-order chi connectivity index (χ1) is 15.4. The van der Waals surface area contributed by atoms with Crippen molar-refractivity contribution in [1.29, 1.82) is 0 Å². The van der Waals surface area contributed by atoms with E-state index >= 15 is 0 Å². The minimum Gasteiger partial charge on any atom is -0.338 e. The van der Waals surface area contributed by atoms with E-state index in [0.717, 1.165) is 42.8 Å². The maximum atomic E-state index is 14.1. The van der Waals surface area contributed by atoms with Crippen LogP contribution in [0.4, 0.5) is 4.39 Å². The highest BCUT2D eigenvalue weighted by molar-refractivity contribution is 5.94. The number of amides is 1. The highest BCUT2D eigenvalue weighted by Crippen LogP contribution is 2.28. The average Bonchev–Trinajstić information content (AvgIpc) is 3.23. The number of aromatic nitrogens is 3. The molecule has 1 aromatic carbocycles. The highest BCUT2D eigenvalue weighted by atomic mass is 19.1. The minimum atomic E-state index is -0.498. The molecule has 0 unspecified atom stereocenters. The van der Waals surface area contributed by atoms with E-state index in [1.165, 1.54) is 16.6 Å². The van der Waals surface area contributed by atoms with E-state index in [1.54, 1.807) is 17.0 Å². The monoisotopic (exact) mass is 437 g/mol. The SMILES string of the molecule is CC(C)N1CCc2nc3cc([C@@H]4CCCN(C(=O)c5ccccc5F)C4)[nH]n3c(=O)c2C1. The molecule has 3 aromatic rings. The van der Waals surface area contributed by atoms with Crippen molar-refractivity contribution in [3.63, 3.8) is 0 Å². The molecule has 168 valence electrons. The Bertz CT molecular complexity index is 1230. The van der Waals surface area contributed by atoms with Gasteiger partial charge in [-0.2, -0.15) is 0 Å². The van der Waals surface area contributed by atoms with Gasteiger partial charge in [0.15, 0.2) is 5.65 Å². The van der Waals surface area contributed by atoms with Crippen LogP contribution in [0.5, 0.6) is 0 Å². The number of aromatic amines is 1. The number of rotatable bonds is 3. The van der Waals surface area contributed by atoms with Crippen molar-refractivity contribution < 1.29 is 9.18 Å². The molecule has 2 aromatic heterocycles. The largest absolute Gasteiger partial charge is 0.338 e. The standard InChI is InChI=1S/C24H28FN5O2/c1-15(2)28-11-9-20-18(14-28)24(32)30-22(26-20)12-21(27-30)16-6-5-10-29(13-16)23(31)17-7-3-4-8-19(17)25/h3-4,7-8,12,15-16,27H,5-6,9-11,13-14H2,1-2H3/t16-/m1/s1. The third-order valence-corrected chi connectivity index (χ3v) is 6.79. The molecule has 0 aliphatic carbocycles. The fourth-order valence-corrected chi connectivity index (χ4v) is 4.89. The van der Waals surface area contributed by atoms with Crippen molar-refractivity contribution in [2.75, 3.05) is 19.6 Å². The van der Waals surface area contributed by atoms with Crippen LogP contribution in [0.1, 0.15) is 59.9 Å². The number of halogens is 1. The van der Waals surface area contributed by atoms with Crippen molar-refractivity contribution in [3.05, 3.63) is 69.0 Å². The van der Waals surface area contributed by atoms with Gasteiger partial charge in [-0.1, -0.05) is 12.1 Å². The van der Waals surface area contributed by atoms with E-state index in [4.69, 9.17) is 4.98 Å². The van der Waals surface area contributed by atoms with E-state index in [2.05, 4.69) is 23.8 Å². The first-order valence-electron chi connectivity index (χ1n) is 11.3. The van der Waals surface area contributed by atoms with E-state index in [9.17, 15) is 14.0 Å². The number of piperidine rings is 1. The molecular formula is C24H28FN5O2. The Morgan fingerprint density at radius 1 is 1.25 bits per heavy atom. The van der Waals surface area contributed by atoms with Crippen molar-refractivity contribution in [1.82, 2.24) is 24.4 Å². The second-order valence-corrected chi connectivity index (χ2v) is 9.13. The second-order valence-electron chi connectivity index (χ2n) is 9.13. The molecule has 0 spiro atoms. The van der Waals surface area contributed by atoms with Crippen LogP contribution in [0.2, 0.25) is 0 Å². The molecule has 0 radical (unpaired) electrons. The van der Waals surface area contributed by atoms with Gasteiger partial charge in [0.1, 0.15) is 5.82 Å². The fourth-order valence-electron chi connectivity index (χ4n) is 4.89. The molecular weight excluding hydrogens is 409 g/mol. The zero-order valence-corrected chi connectivity index (χ0v) is 18.5. The lowest BCUT2D eigenvalue weighted by atomic mass is 9.94. The van der Waals surface area contributed by atoms with Crippen LogP contribution in [-0.4, -0.2) is 56.0 Å². The zero-order chi connectivity index (χ0) is 22.4. The van der Waals surface area contributed by atoms with Crippen molar-refractivity contribution in [2.45, 2.75) is 51.6 Å². The molecule has 5 rings (SSSR count). The van der Waals surface area contributed by atoms with E-state index in [0.29, 0.717) is 31.3 Å². The molecule has 1 saturated heterocycles. The third-order valence-electron chi connectivity index (χ3n) is 6.79. The van der Waals surface area contributed by atoms with Crippen LogP contribution >= 0.6 is 0 Å². The number of benzene rings is 1. The van der Waals surface area contributed by atoms with E-state index in [-0.39, 0.29) is 22.9 Å². The summed E-state index contributed by atoms with van der Waals surface area (Å²) in [5.74, 6) is -0.741. The summed E-state index contributed by atoms with van der Waals surface area (Å²) >= 11 is 0. The zero-order valence-electron chi connectivity index (χ0n) is 18.5. The Hall–Kier alpha value is -3.00. The lowest BCUT2D eigenvalue weighted by molar-refractivity contribution is 0.0701. The lowest BCUT2D eigenvalue weighted by Gasteiger charge is -2.32. The van der Waals surface area contributed by atoms with Gasteiger partial charge in [-0.25, -0.2) is 13.9 Å². The van der Waals surface area contributed by atoms with Gasteiger partial charge in [0.25, 0.3) is 11.5 Å². The average molecular weight is 438 g/mol. The number of carbonyl (C=O) groups excluding carboxylic acids is 1. The Balaban J connectivity index is 1.42. The molecule has 7 nitrogen and oxygen atoms in total. The van der Waals surface area contributed by atoms with Crippen molar-refractivity contribution >= 4 is 11.6 Å². The summed E-state index contributed by atoms with van der Waals surface area (Å²) < 4.78 is 15.7. The van der Waals surface area contributed by atoms with Crippen molar-refractivity contribution in [3.8, 4) is 0 Å². The fraction of sp³-hybridized carbons (Fsp3) is 0.458. The number of nitrogens with zero attached hydrogens (tertiary/aromatic N) is 4. The maximum Gasteiger partial charge on any atom is 0.277 e. The van der Waals surface area contributed by atoms with Crippen LogP contribution in [-0.2, 0) is 13.0 Å². The molecule has 1 fully saturated rings. The van der Waals surface area contributed by atoms with Gasteiger partial charge in [-0.3, -0.25) is 19.6 Å². The highest BCUT2D eigenvalue weighted by Gasteiger charge is 2.29. The predicted octanol–water partition coefficient (Wildman–Crippen LogP) is 2.95. The number of carbonyl (C=O) groups is 1. The molecule has 2 aliphatic rings. The molecule has 0 saturated carbocycles. The van der Waals surface area contributed by atoms with Gasteiger partial charge in [0.2, 0.25) is 0 Å². The van der Waals surface area contributed by atoms with Gasteiger partial charge in [-0.05, 0) is 38.8 Å². The number of H-pyrrole nitrogens is 1. The smallest absolute Gasteiger partial charge is 0.277 e. The van der Waals surface area contributed by atoms with Gasteiger partial charge in [0.05, 0.1) is 16.8 Å². The van der Waals surface area contributed by atoms with Gasteiger partial charge in [-0.15, -0.1) is 0 Å². The number of hydrogen-bond acceptors (Lipinski definition) is 4. The first kappa shape index (κ1) is 20.9. The quantitative estimate of drug-likeness (QED) is 0.684. The summed E-state index contributed by atoms with van der Waals surface area (Å²) in [6.07, 6.45) is 2.49. The van der Waals surface area contributed by atoms with Crippen LogP contribution in [0, 0.1) is 5.82 Å². The second kappa shape index (κ2) is 8.16. The summed E-state index contributed by atoms with van der Waals surface area (Å²) in [5, 5.41) is 3.25. The molecule has 1 amide bonds. The van der Waals surface area contributed by atoms with Crippen LogP contribution < -0.4 is 5.56 Å². The number of hydrogen-bond donors (Lipinski definition) is 1. The summed E-state index contributed by atoms with van der Waals surface area (Å²) in [5.41, 5.74) is 3.22. The van der Waals surface area contributed by atoms with Gasteiger partial charge < -0.3 is 4.90 Å². The van der Waals surface area contributed by atoms with E-state index < -0.39 is 5.82 Å². The van der Waals surface area contributed by atoms with Gasteiger partial charge in [0, 0.05) is 56.3 Å². The van der Waals surface area contributed by atoms with Crippen LogP contribution in [0.3, 0.4) is 0 Å². The maximum absolute atomic E-state index is 14.1. The Morgan fingerprint density at radius 2 is 2.06 bits per heavy atom. The third kappa shape index (κ3) is 3.62. The summed E-state index contributed by atoms with van der Waals surface area (Å²) in [7, 11) is 0. The van der Waals surface area contributed by atoms with Gasteiger partial charge >= 0.3 is 0 Å². The topological polar surface area (TPSA) is 73.7 Å². The molecule has 32 heavy (non-hydrogen) atoms. The minimum absolute atomic E-state index is 0.0447. The Morgan fingerprint density at radius 3 is 2.84 bits per heavy atom. The molecule has 1 N–H and O–H groups in total. The molecule has 4 heterocycles. The Labute approximate surface area is 185 Å². The first-order valence-corrected chi connectivity index (χ1v) is 11.3. The lowest BCUT2D eigenvalue weighted by Crippen LogP contribution is -2.40. The molecule has 1 atom stereocenters. The number of nitrogens with one attached hydrogen (secondary N) is 1. The number of fused-ring (bicyclic) bond motifs is 2. The predicted molar refractivity (Wildman–Crippen MR) is 119 cm³/mol. The molecule has 8 heteroatoms. The van der Waals surface area contributed by atoms with E-state index in [1.807, 2.05) is 6.07 Å². The Kier molecular flexibility index (Phi) is 5.33. The summed E-state index contributed by atoms with van der Waals surface area (Å²) in [4.78, 5) is 34.8. The van der Waals surface area contributed by atoms with Crippen LogP contribution in [0.15, 0.2) is 35.1 Å². The molecule has 2 aliphatic heterocycles. The normalized spacial score (nSPS) is 19.5. The van der Waals surface area contributed by atoms with Crippen LogP contribution in [0.25, 0.3) is 5.65 Å². The summed E-state index contributed by atoms with van der Waals surface area (Å²) in [6.45, 7) is 6.87.